The fourth-order valence-corrected chi connectivity index (χ4v) is 4.01. The Kier molecular flexibility index (Phi) is 4.67. The predicted octanol–water partition coefficient (Wildman–Crippen LogP) is 4.20. The molecule has 0 amide bonds. The molecule has 1 aliphatic rings. The van der Waals surface area contributed by atoms with Gasteiger partial charge in [0.1, 0.15) is 0 Å². The minimum atomic E-state index is 0.226. The molecule has 24 heavy (non-hydrogen) atoms. The van der Waals surface area contributed by atoms with Gasteiger partial charge in [0.2, 0.25) is 5.89 Å². The van der Waals surface area contributed by atoms with Crippen LogP contribution in [0.2, 0.25) is 5.02 Å². The van der Waals surface area contributed by atoms with Gasteiger partial charge in [-0.2, -0.15) is 0 Å². The summed E-state index contributed by atoms with van der Waals surface area (Å²) < 4.78 is 5.95. The third-order valence-electron chi connectivity index (χ3n) is 4.27. The molecule has 4 nitrogen and oxygen atoms in total. The monoisotopic (exact) mass is 359 g/mol. The number of aromatic nitrogens is 1. The van der Waals surface area contributed by atoms with E-state index in [1.165, 1.54) is 0 Å². The highest BCUT2D eigenvalue weighted by atomic mass is 35.5. The van der Waals surface area contributed by atoms with E-state index in [2.05, 4.69) is 21.3 Å². The molecule has 4 rings (SSSR count). The third-order valence-corrected chi connectivity index (χ3v) is 5.50. The molecule has 6 heteroatoms. The summed E-state index contributed by atoms with van der Waals surface area (Å²) >= 11 is 8.07. The van der Waals surface area contributed by atoms with Crippen LogP contribution in [0.25, 0.3) is 10.6 Å². The summed E-state index contributed by atoms with van der Waals surface area (Å²) in [6.45, 7) is 3.46. The lowest BCUT2D eigenvalue weighted by molar-refractivity contribution is 0.140. The van der Waals surface area contributed by atoms with E-state index in [1.54, 1.807) is 11.3 Å². The van der Waals surface area contributed by atoms with Crippen molar-refractivity contribution in [2.24, 2.45) is 0 Å². The van der Waals surface area contributed by atoms with Gasteiger partial charge < -0.3 is 9.73 Å². The van der Waals surface area contributed by atoms with E-state index < -0.39 is 0 Å². The second kappa shape index (κ2) is 7.07. The van der Waals surface area contributed by atoms with Gasteiger partial charge in [0, 0.05) is 30.7 Å². The summed E-state index contributed by atoms with van der Waals surface area (Å²) in [6, 6.07) is 12.3. The number of nitrogens with zero attached hydrogens (tertiary/aromatic N) is 2. The summed E-state index contributed by atoms with van der Waals surface area (Å²) in [5, 5.41) is 6.31. The maximum atomic E-state index is 6.41. The van der Waals surface area contributed by atoms with Crippen LogP contribution in [0, 0.1) is 0 Å². The average Bonchev–Trinajstić information content (AvgIpc) is 3.27. The lowest BCUT2D eigenvalue weighted by Gasteiger charge is -2.36. The molecule has 1 aliphatic heterocycles. The molecule has 1 aromatic carbocycles. The third kappa shape index (κ3) is 3.26. The van der Waals surface area contributed by atoms with E-state index in [9.17, 15) is 0 Å². The lowest BCUT2D eigenvalue weighted by atomic mass is 10.0. The standard InChI is InChI=1S/C18H18ClN3OS/c19-14-5-2-1-4-13(14)15-10-20-7-8-22(15)12-18-21-11-16(23-18)17-6-3-9-24-17/h1-6,9,11,15,20H,7-8,10,12H2. The molecular weight excluding hydrogens is 342 g/mol. The highest BCUT2D eigenvalue weighted by molar-refractivity contribution is 7.13. The van der Waals surface area contributed by atoms with Crippen LogP contribution in [0.15, 0.2) is 52.4 Å². The van der Waals surface area contributed by atoms with Gasteiger partial charge >= 0.3 is 0 Å². The van der Waals surface area contributed by atoms with Crippen molar-refractivity contribution in [3.63, 3.8) is 0 Å². The van der Waals surface area contributed by atoms with Gasteiger partial charge in [-0.15, -0.1) is 11.3 Å². The fourth-order valence-electron chi connectivity index (χ4n) is 3.08. The molecule has 1 fully saturated rings. The summed E-state index contributed by atoms with van der Waals surface area (Å²) in [5.74, 6) is 1.58. The quantitative estimate of drug-likeness (QED) is 0.757. The van der Waals surface area contributed by atoms with Crippen LogP contribution in [0.3, 0.4) is 0 Å². The maximum absolute atomic E-state index is 6.41. The minimum Gasteiger partial charge on any atom is -0.438 e. The molecule has 0 aliphatic carbocycles. The van der Waals surface area contributed by atoms with E-state index in [0.717, 1.165) is 46.7 Å². The Balaban J connectivity index is 1.55. The zero-order chi connectivity index (χ0) is 16.4. The van der Waals surface area contributed by atoms with Crippen molar-refractivity contribution in [2.45, 2.75) is 12.6 Å². The molecule has 3 heterocycles. The molecule has 0 radical (unpaired) electrons. The van der Waals surface area contributed by atoms with Crippen molar-refractivity contribution in [3.05, 3.63) is 64.5 Å². The number of rotatable bonds is 4. The van der Waals surface area contributed by atoms with E-state index in [0.29, 0.717) is 6.54 Å². The topological polar surface area (TPSA) is 41.3 Å². The molecule has 2 aromatic heterocycles. The van der Waals surface area contributed by atoms with Gasteiger partial charge in [-0.1, -0.05) is 35.9 Å². The van der Waals surface area contributed by atoms with Crippen LogP contribution in [0.4, 0.5) is 0 Å². The van der Waals surface area contributed by atoms with Crippen molar-refractivity contribution in [1.29, 1.82) is 0 Å². The smallest absolute Gasteiger partial charge is 0.209 e. The molecule has 0 saturated carbocycles. The van der Waals surface area contributed by atoms with E-state index in [1.807, 2.05) is 41.9 Å². The van der Waals surface area contributed by atoms with E-state index >= 15 is 0 Å². The largest absolute Gasteiger partial charge is 0.438 e. The lowest BCUT2D eigenvalue weighted by Crippen LogP contribution is -2.45. The first-order chi connectivity index (χ1) is 11.8. The zero-order valence-corrected chi connectivity index (χ0v) is 14.7. The van der Waals surface area contributed by atoms with Crippen LogP contribution in [-0.4, -0.2) is 29.5 Å². The second-order valence-corrected chi connectivity index (χ2v) is 7.16. The highest BCUT2D eigenvalue weighted by Crippen LogP contribution is 2.30. The number of benzene rings is 1. The number of hydrogen-bond acceptors (Lipinski definition) is 5. The minimum absolute atomic E-state index is 0.226. The highest BCUT2D eigenvalue weighted by Gasteiger charge is 2.26. The maximum Gasteiger partial charge on any atom is 0.209 e. The van der Waals surface area contributed by atoms with Gasteiger partial charge in [-0.05, 0) is 23.1 Å². The summed E-state index contributed by atoms with van der Waals surface area (Å²) in [5.41, 5.74) is 1.15. The summed E-state index contributed by atoms with van der Waals surface area (Å²) in [6.07, 6.45) is 1.81. The molecule has 3 aromatic rings. The fraction of sp³-hybridized carbons (Fsp3) is 0.278. The Morgan fingerprint density at radius 2 is 2.21 bits per heavy atom. The van der Waals surface area contributed by atoms with Crippen molar-refractivity contribution < 1.29 is 4.42 Å². The number of oxazole rings is 1. The molecule has 1 saturated heterocycles. The van der Waals surface area contributed by atoms with Crippen LogP contribution >= 0.6 is 22.9 Å². The van der Waals surface area contributed by atoms with Crippen LogP contribution in [-0.2, 0) is 6.54 Å². The van der Waals surface area contributed by atoms with E-state index in [-0.39, 0.29) is 6.04 Å². The zero-order valence-electron chi connectivity index (χ0n) is 13.1. The Hall–Kier alpha value is -1.66. The Morgan fingerprint density at radius 1 is 1.29 bits per heavy atom. The number of thiophene rings is 1. The van der Waals surface area contributed by atoms with Crippen LogP contribution in [0.5, 0.6) is 0 Å². The summed E-state index contributed by atoms with van der Waals surface area (Å²) in [7, 11) is 0. The Bertz CT molecular complexity index is 802. The van der Waals surface area contributed by atoms with Crippen molar-refractivity contribution in [2.75, 3.05) is 19.6 Å². The van der Waals surface area contributed by atoms with Gasteiger partial charge in [0.05, 0.1) is 17.6 Å². The number of hydrogen-bond donors (Lipinski definition) is 1. The molecule has 0 spiro atoms. The van der Waals surface area contributed by atoms with Crippen molar-refractivity contribution in [1.82, 2.24) is 15.2 Å². The summed E-state index contributed by atoms with van der Waals surface area (Å²) in [4.78, 5) is 7.95. The molecule has 1 N–H and O–H groups in total. The molecule has 124 valence electrons. The SMILES string of the molecule is Clc1ccccc1C1CNCCN1Cc1ncc(-c2cccs2)o1. The molecule has 0 bridgehead atoms. The van der Waals surface area contributed by atoms with Crippen molar-refractivity contribution in [3.8, 4) is 10.6 Å². The Labute approximate surface area is 150 Å². The number of nitrogens with one attached hydrogen (secondary N) is 1. The molecule has 1 atom stereocenters. The van der Waals surface area contributed by atoms with Crippen molar-refractivity contribution >= 4 is 22.9 Å². The molecular formula is C18H18ClN3OS. The first-order valence-electron chi connectivity index (χ1n) is 7.99. The normalized spacial score (nSPS) is 18.8. The van der Waals surface area contributed by atoms with Crippen LogP contribution < -0.4 is 5.32 Å². The second-order valence-electron chi connectivity index (χ2n) is 5.81. The first-order valence-corrected chi connectivity index (χ1v) is 9.25. The van der Waals surface area contributed by atoms with Gasteiger partial charge in [0.25, 0.3) is 0 Å². The number of halogens is 1. The molecule has 1 unspecified atom stereocenters. The van der Waals surface area contributed by atoms with Gasteiger partial charge in [-0.3, -0.25) is 4.90 Å². The van der Waals surface area contributed by atoms with Gasteiger partial charge in [0.15, 0.2) is 5.76 Å². The predicted molar refractivity (Wildman–Crippen MR) is 97.3 cm³/mol. The Morgan fingerprint density at radius 3 is 3.04 bits per heavy atom. The van der Waals surface area contributed by atoms with Crippen LogP contribution in [0.1, 0.15) is 17.5 Å². The average molecular weight is 360 g/mol. The van der Waals surface area contributed by atoms with E-state index in [4.69, 9.17) is 16.0 Å². The first kappa shape index (κ1) is 15.8. The number of piperazine rings is 1. The van der Waals surface area contributed by atoms with Gasteiger partial charge in [-0.25, -0.2) is 4.98 Å².